The molecule has 1 saturated heterocycles. The molecule has 122 valence electrons. The van der Waals surface area contributed by atoms with Crippen molar-refractivity contribution in [3.05, 3.63) is 30.1 Å². The maximum Gasteiger partial charge on any atom is 0.224 e. The van der Waals surface area contributed by atoms with Crippen molar-refractivity contribution in [3.63, 3.8) is 0 Å². The van der Waals surface area contributed by atoms with Crippen molar-refractivity contribution < 1.29 is 9.90 Å². The summed E-state index contributed by atoms with van der Waals surface area (Å²) >= 11 is 0. The minimum atomic E-state index is -0.452. The number of carbonyl (C=O) groups excluding carboxylic acids is 1. The van der Waals surface area contributed by atoms with Crippen LogP contribution in [0.2, 0.25) is 0 Å². The normalized spacial score (nSPS) is 21.8. The maximum absolute atomic E-state index is 12.3. The molecular weight excluding hydrogens is 280 g/mol. The standard InChI is InChI=1S/C16H26N4O2/c1-18(2)14-11-20(12-15(14)21)16(22)6-8-19(3)10-13-5-4-7-17-9-13/h4-5,7,9,14-15,21H,6,8,10-12H2,1-3H3/t14-,15-/m1/s1. The third-order valence-electron chi connectivity index (χ3n) is 4.16. The molecular formula is C16H26N4O2. The summed E-state index contributed by atoms with van der Waals surface area (Å²) in [5.41, 5.74) is 1.14. The van der Waals surface area contributed by atoms with Gasteiger partial charge in [0.2, 0.25) is 5.91 Å². The second-order valence-electron chi connectivity index (χ2n) is 6.25. The van der Waals surface area contributed by atoms with E-state index in [9.17, 15) is 9.90 Å². The number of hydrogen-bond donors (Lipinski definition) is 1. The molecule has 0 spiro atoms. The zero-order valence-corrected chi connectivity index (χ0v) is 13.6. The van der Waals surface area contributed by atoms with Crippen LogP contribution in [0.15, 0.2) is 24.5 Å². The van der Waals surface area contributed by atoms with E-state index in [1.165, 1.54) is 0 Å². The van der Waals surface area contributed by atoms with Gasteiger partial charge in [0.15, 0.2) is 0 Å². The summed E-state index contributed by atoms with van der Waals surface area (Å²) in [4.78, 5) is 22.2. The fraction of sp³-hybridized carbons (Fsp3) is 0.625. The van der Waals surface area contributed by atoms with Gasteiger partial charge in [0.25, 0.3) is 0 Å². The summed E-state index contributed by atoms with van der Waals surface area (Å²) in [6.45, 7) is 2.53. The first-order valence-corrected chi connectivity index (χ1v) is 7.67. The van der Waals surface area contributed by atoms with Crippen molar-refractivity contribution in [2.24, 2.45) is 0 Å². The Morgan fingerprint density at radius 1 is 1.41 bits per heavy atom. The summed E-state index contributed by atoms with van der Waals surface area (Å²) in [6, 6.07) is 3.99. The highest BCUT2D eigenvalue weighted by Crippen LogP contribution is 2.15. The molecule has 1 aliphatic rings. The molecule has 0 saturated carbocycles. The van der Waals surface area contributed by atoms with Gasteiger partial charge in [0.1, 0.15) is 0 Å². The van der Waals surface area contributed by atoms with Crippen LogP contribution in [0.3, 0.4) is 0 Å². The topological polar surface area (TPSA) is 59.9 Å². The quantitative estimate of drug-likeness (QED) is 0.804. The summed E-state index contributed by atoms with van der Waals surface area (Å²) in [5.74, 6) is 0.112. The molecule has 1 amide bonds. The van der Waals surface area contributed by atoms with Gasteiger partial charge < -0.3 is 19.8 Å². The molecule has 0 bridgehead atoms. The van der Waals surface area contributed by atoms with Crippen LogP contribution in [0.25, 0.3) is 0 Å². The highest BCUT2D eigenvalue weighted by molar-refractivity contribution is 5.76. The predicted molar refractivity (Wildman–Crippen MR) is 85.2 cm³/mol. The van der Waals surface area contributed by atoms with E-state index < -0.39 is 6.10 Å². The number of aromatic nitrogens is 1. The highest BCUT2D eigenvalue weighted by atomic mass is 16.3. The number of pyridine rings is 1. The first-order valence-electron chi connectivity index (χ1n) is 7.67. The number of amides is 1. The van der Waals surface area contributed by atoms with Crippen LogP contribution in [0.1, 0.15) is 12.0 Å². The number of likely N-dealkylation sites (N-methyl/N-ethyl adjacent to an activating group) is 1. The fourth-order valence-corrected chi connectivity index (χ4v) is 2.81. The van der Waals surface area contributed by atoms with Gasteiger partial charge in [-0.1, -0.05) is 6.07 Å². The number of aliphatic hydroxyl groups is 1. The van der Waals surface area contributed by atoms with Crippen LogP contribution >= 0.6 is 0 Å². The summed E-state index contributed by atoms with van der Waals surface area (Å²) < 4.78 is 0. The van der Waals surface area contributed by atoms with Gasteiger partial charge in [-0.15, -0.1) is 0 Å². The molecule has 2 heterocycles. The lowest BCUT2D eigenvalue weighted by atomic mass is 10.2. The predicted octanol–water partition coefficient (Wildman–Crippen LogP) is 0.0368. The Balaban J connectivity index is 1.76. The number of likely N-dealkylation sites (tertiary alicyclic amines) is 1. The third kappa shape index (κ3) is 4.50. The van der Waals surface area contributed by atoms with E-state index in [1.54, 1.807) is 11.1 Å². The van der Waals surface area contributed by atoms with Gasteiger partial charge in [-0.05, 0) is 32.8 Å². The van der Waals surface area contributed by atoms with Crippen molar-refractivity contribution in [1.82, 2.24) is 19.7 Å². The van der Waals surface area contributed by atoms with Crippen LogP contribution in [-0.2, 0) is 11.3 Å². The molecule has 0 unspecified atom stereocenters. The molecule has 2 rings (SSSR count). The summed E-state index contributed by atoms with van der Waals surface area (Å²) in [6.07, 6.45) is 3.62. The average molecular weight is 306 g/mol. The average Bonchev–Trinajstić information content (AvgIpc) is 2.88. The number of β-amino-alcohol motifs (C(OH)–C–C–N with tert-alkyl or cyclic N) is 1. The molecule has 1 aromatic heterocycles. The molecule has 1 aromatic rings. The lowest BCUT2D eigenvalue weighted by Crippen LogP contribution is -2.38. The first kappa shape index (κ1) is 16.9. The van der Waals surface area contributed by atoms with Crippen molar-refractivity contribution >= 4 is 5.91 Å². The smallest absolute Gasteiger partial charge is 0.224 e. The van der Waals surface area contributed by atoms with E-state index >= 15 is 0 Å². The fourth-order valence-electron chi connectivity index (χ4n) is 2.81. The van der Waals surface area contributed by atoms with E-state index in [0.29, 0.717) is 26.1 Å². The zero-order valence-electron chi connectivity index (χ0n) is 13.6. The number of aliphatic hydroxyl groups excluding tert-OH is 1. The monoisotopic (exact) mass is 306 g/mol. The Labute approximate surface area is 132 Å². The van der Waals surface area contributed by atoms with E-state index in [2.05, 4.69) is 9.88 Å². The Morgan fingerprint density at radius 3 is 2.77 bits per heavy atom. The largest absolute Gasteiger partial charge is 0.390 e. The molecule has 6 heteroatoms. The van der Waals surface area contributed by atoms with Gasteiger partial charge in [-0.3, -0.25) is 9.78 Å². The molecule has 1 N–H and O–H groups in total. The van der Waals surface area contributed by atoms with E-state index in [4.69, 9.17) is 0 Å². The van der Waals surface area contributed by atoms with Gasteiger partial charge in [-0.25, -0.2) is 0 Å². The molecule has 2 atom stereocenters. The van der Waals surface area contributed by atoms with Gasteiger partial charge >= 0.3 is 0 Å². The Hall–Kier alpha value is -1.50. The molecule has 22 heavy (non-hydrogen) atoms. The molecule has 0 aromatic carbocycles. The van der Waals surface area contributed by atoms with Crippen LogP contribution in [-0.4, -0.2) is 83.6 Å². The summed E-state index contributed by atoms with van der Waals surface area (Å²) in [7, 11) is 5.87. The number of carbonyl (C=O) groups is 1. The highest BCUT2D eigenvalue weighted by Gasteiger charge is 2.34. The lowest BCUT2D eigenvalue weighted by Gasteiger charge is -2.22. The lowest BCUT2D eigenvalue weighted by molar-refractivity contribution is -0.130. The Kier molecular flexibility index (Phi) is 5.88. The van der Waals surface area contributed by atoms with Crippen molar-refractivity contribution in [2.45, 2.75) is 25.1 Å². The second-order valence-corrected chi connectivity index (χ2v) is 6.25. The zero-order chi connectivity index (χ0) is 16.1. The molecule has 0 radical (unpaired) electrons. The van der Waals surface area contributed by atoms with Crippen molar-refractivity contribution in [2.75, 3.05) is 40.8 Å². The number of hydrogen-bond acceptors (Lipinski definition) is 5. The Bertz CT molecular complexity index is 480. The molecule has 1 aliphatic heterocycles. The van der Waals surface area contributed by atoms with Gasteiger partial charge in [-0.2, -0.15) is 0 Å². The molecule has 0 aliphatic carbocycles. The number of nitrogens with zero attached hydrogens (tertiary/aromatic N) is 4. The molecule has 1 fully saturated rings. The molecule has 6 nitrogen and oxygen atoms in total. The third-order valence-corrected chi connectivity index (χ3v) is 4.16. The summed E-state index contributed by atoms with van der Waals surface area (Å²) in [5, 5.41) is 10.00. The second kappa shape index (κ2) is 7.67. The van der Waals surface area contributed by atoms with Gasteiger partial charge in [0, 0.05) is 45.0 Å². The van der Waals surface area contributed by atoms with E-state index in [0.717, 1.165) is 12.1 Å². The van der Waals surface area contributed by atoms with Gasteiger partial charge in [0.05, 0.1) is 12.1 Å². The van der Waals surface area contributed by atoms with Crippen molar-refractivity contribution in [3.8, 4) is 0 Å². The maximum atomic E-state index is 12.3. The number of rotatable bonds is 6. The minimum absolute atomic E-state index is 0.0390. The van der Waals surface area contributed by atoms with E-state index in [1.807, 2.05) is 44.4 Å². The minimum Gasteiger partial charge on any atom is -0.390 e. The van der Waals surface area contributed by atoms with Crippen LogP contribution in [0.5, 0.6) is 0 Å². The SMILES string of the molecule is CN(CCC(=O)N1C[C@@H](O)[C@H](N(C)C)C1)Cc1cccnc1. The van der Waals surface area contributed by atoms with E-state index in [-0.39, 0.29) is 11.9 Å². The first-order chi connectivity index (χ1) is 10.5. The van der Waals surface area contributed by atoms with Crippen LogP contribution < -0.4 is 0 Å². The Morgan fingerprint density at radius 2 is 2.18 bits per heavy atom. The van der Waals surface area contributed by atoms with Crippen molar-refractivity contribution in [1.29, 1.82) is 0 Å². The van der Waals surface area contributed by atoms with Crippen LogP contribution in [0, 0.1) is 0 Å². The van der Waals surface area contributed by atoms with Crippen LogP contribution in [0.4, 0.5) is 0 Å².